The zero-order valence-corrected chi connectivity index (χ0v) is 13.7. The third-order valence-corrected chi connectivity index (χ3v) is 4.51. The Bertz CT molecular complexity index is 1090. The van der Waals surface area contributed by atoms with Gasteiger partial charge in [-0.1, -0.05) is 29.8 Å². The normalized spacial score (nSPS) is 14.8. The summed E-state index contributed by atoms with van der Waals surface area (Å²) in [4.78, 5) is 28.5. The Balaban J connectivity index is 1.87. The van der Waals surface area contributed by atoms with E-state index < -0.39 is 5.97 Å². The van der Waals surface area contributed by atoms with Crippen LogP contribution in [0, 0.1) is 6.92 Å². The maximum atomic E-state index is 12.7. The van der Waals surface area contributed by atoms with Gasteiger partial charge in [-0.25, -0.2) is 9.78 Å². The van der Waals surface area contributed by atoms with Crippen molar-refractivity contribution in [3.05, 3.63) is 75.3 Å². The van der Waals surface area contributed by atoms with E-state index in [2.05, 4.69) is 23.2 Å². The maximum absolute atomic E-state index is 12.7. The van der Waals surface area contributed by atoms with Crippen molar-refractivity contribution in [3.8, 4) is 0 Å². The summed E-state index contributed by atoms with van der Waals surface area (Å²) in [5.41, 5.74) is 3.73. The molecule has 0 fully saturated rings. The number of aromatic nitrogens is 2. The zero-order chi connectivity index (χ0) is 17.6. The van der Waals surface area contributed by atoms with Crippen molar-refractivity contribution in [2.24, 2.45) is 0 Å². The fourth-order valence-electron chi connectivity index (χ4n) is 3.15. The molecule has 1 N–H and O–H groups in total. The Morgan fingerprint density at radius 1 is 1.20 bits per heavy atom. The third kappa shape index (κ3) is 2.63. The molecule has 0 radical (unpaired) electrons. The largest absolute Gasteiger partial charge is 0.478 e. The summed E-state index contributed by atoms with van der Waals surface area (Å²) in [5.74, 6) is -0.382. The zero-order valence-electron chi connectivity index (χ0n) is 13.7. The molecule has 0 saturated heterocycles. The number of fused-ring (bicyclic) bond motifs is 2. The van der Waals surface area contributed by atoms with Crippen LogP contribution < -0.4 is 5.56 Å². The second-order valence-electron chi connectivity index (χ2n) is 6.26. The van der Waals surface area contributed by atoms with Gasteiger partial charge >= 0.3 is 5.97 Å². The van der Waals surface area contributed by atoms with Crippen LogP contribution in [-0.2, 0) is 6.54 Å². The second-order valence-corrected chi connectivity index (χ2v) is 6.26. The first-order valence-corrected chi connectivity index (χ1v) is 8.08. The molecule has 124 valence electrons. The van der Waals surface area contributed by atoms with E-state index in [1.54, 1.807) is 10.6 Å². The maximum Gasteiger partial charge on any atom is 0.335 e. The van der Waals surface area contributed by atoms with Crippen molar-refractivity contribution in [1.82, 2.24) is 9.55 Å². The summed E-state index contributed by atoms with van der Waals surface area (Å²) in [6, 6.07) is 12.7. The Morgan fingerprint density at radius 3 is 2.68 bits per heavy atom. The number of nitrogens with zero attached hydrogens (tertiary/aromatic N) is 2. The fourth-order valence-corrected chi connectivity index (χ4v) is 3.15. The first kappa shape index (κ1) is 15.3. The minimum Gasteiger partial charge on any atom is -0.478 e. The summed E-state index contributed by atoms with van der Waals surface area (Å²) in [6.45, 7) is 2.60. The number of allylic oxidation sites excluding steroid dienone is 1. The van der Waals surface area contributed by atoms with Crippen LogP contribution in [0.2, 0.25) is 0 Å². The number of carbonyl (C=O) groups is 1. The highest BCUT2D eigenvalue weighted by atomic mass is 16.4. The number of aromatic carboxylic acids is 1. The molecule has 25 heavy (non-hydrogen) atoms. The van der Waals surface area contributed by atoms with E-state index in [-0.39, 0.29) is 11.1 Å². The van der Waals surface area contributed by atoms with Gasteiger partial charge in [0.2, 0.25) is 0 Å². The number of rotatable bonds is 2. The molecule has 5 heteroatoms. The molecular weight excluding hydrogens is 316 g/mol. The average Bonchev–Trinajstić information content (AvgIpc) is 3.00. The smallest absolute Gasteiger partial charge is 0.335 e. The van der Waals surface area contributed by atoms with Gasteiger partial charge in [0.15, 0.2) is 0 Å². The standard InChI is InChI=1S/C20H16N2O3/c1-12-2-4-13(5-3-12)10-14-8-9-22-18(14)21-17-7-6-15(20(24)25)11-16(17)19(22)23/h2-7,10-11H,8-9H2,1H3,(H,24,25). The predicted molar refractivity (Wildman–Crippen MR) is 96.6 cm³/mol. The summed E-state index contributed by atoms with van der Waals surface area (Å²) < 4.78 is 1.63. The van der Waals surface area contributed by atoms with Gasteiger partial charge in [-0.2, -0.15) is 0 Å². The quantitative estimate of drug-likeness (QED) is 0.781. The molecule has 0 atom stereocenters. The summed E-state index contributed by atoms with van der Waals surface area (Å²) in [7, 11) is 0. The minimum atomic E-state index is -1.05. The van der Waals surface area contributed by atoms with Crippen LogP contribution in [0.25, 0.3) is 22.6 Å². The van der Waals surface area contributed by atoms with Crippen LogP contribution in [0.3, 0.4) is 0 Å². The minimum absolute atomic E-state index is 0.0976. The van der Waals surface area contributed by atoms with E-state index in [1.165, 1.54) is 17.7 Å². The highest BCUT2D eigenvalue weighted by Gasteiger charge is 2.21. The molecule has 1 aromatic heterocycles. The van der Waals surface area contributed by atoms with Gasteiger partial charge in [-0.3, -0.25) is 9.36 Å². The number of aryl methyl sites for hydroxylation is 1. The molecule has 0 amide bonds. The lowest BCUT2D eigenvalue weighted by Crippen LogP contribution is -2.21. The van der Waals surface area contributed by atoms with Crippen LogP contribution in [0.5, 0.6) is 0 Å². The van der Waals surface area contributed by atoms with Crippen molar-refractivity contribution in [3.63, 3.8) is 0 Å². The lowest BCUT2D eigenvalue weighted by Gasteiger charge is -2.06. The van der Waals surface area contributed by atoms with Gasteiger partial charge in [0, 0.05) is 6.54 Å². The summed E-state index contributed by atoms with van der Waals surface area (Å²) in [6.07, 6.45) is 2.79. The van der Waals surface area contributed by atoms with Gasteiger partial charge in [-0.05, 0) is 48.8 Å². The van der Waals surface area contributed by atoms with Crippen molar-refractivity contribution in [2.75, 3.05) is 0 Å². The third-order valence-electron chi connectivity index (χ3n) is 4.51. The molecule has 0 aliphatic carbocycles. The number of carboxylic acids is 1. The second kappa shape index (κ2) is 5.70. The number of hydrogen-bond acceptors (Lipinski definition) is 3. The van der Waals surface area contributed by atoms with E-state index in [1.807, 2.05) is 19.1 Å². The topological polar surface area (TPSA) is 72.2 Å². The fraction of sp³-hybridized carbons (Fsp3) is 0.150. The molecule has 4 rings (SSSR count). The Morgan fingerprint density at radius 2 is 1.96 bits per heavy atom. The average molecular weight is 332 g/mol. The molecule has 1 aliphatic rings. The van der Waals surface area contributed by atoms with E-state index in [4.69, 9.17) is 5.11 Å². The van der Waals surface area contributed by atoms with Crippen molar-refractivity contribution in [2.45, 2.75) is 19.9 Å². The number of hydrogen-bond donors (Lipinski definition) is 1. The first-order chi connectivity index (χ1) is 12.0. The lowest BCUT2D eigenvalue weighted by atomic mass is 10.1. The van der Waals surface area contributed by atoms with E-state index in [9.17, 15) is 9.59 Å². The molecule has 0 saturated carbocycles. The van der Waals surface area contributed by atoms with Crippen molar-refractivity contribution < 1.29 is 9.90 Å². The Hall–Kier alpha value is -3.21. The highest BCUT2D eigenvalue weighted by Crippen LogP contribution is 2.27. The van der Waals surface area contributed by atoms with Gasteiger partial charge in [0.05, 0.1) is 16.5 Å². The van der Waals surface area contributed by atoms with Crippen LogP contribution in [0.4, 0.5) is 0 Å². The van der Waals surface area contributed by atoms with E-state index in [0.29, 0.717) is 23.3 Å². The molecule has 2 aromatic carbocycles. The highest BCUT2D eigenvalue weighted by molar-refractivity contribution is 5.93. The Kier molecular flexibility index (Phi) is 3.50. The first-order valence-electron chi connectivity index (χ1n) is 8.08. The van der Waals surface area contributed by atoms with Crippen molar-refractivity contribution in [1.29, 1.82) is 0 Å². The van der Waals surface area contributed by atoms with Gasteiger partial charge in [-0.15, -0.1) is 0 Å². The molecule has 1 aliphatic heterocycles. The van der Waals surface area contributed by atoms with Crippen molar-refractivity contribution >= 4 is 28.5 Å². The molecular formula is C20H16N2O3. The molecule has 3 aromatic rings. The van der Waals surface area contributed by atoms with Crippen LogP contribution >= 0.6 is 0 Å². The molecule has 0 spiro atoms. The summed E-state index contributed by atoms with van der Waals surface area (Å²) >= 11 is 0. The van der Waals surface area contributed by atoms with Crippen LogP contribution in [-0.4, -0.2) is 20.6 Å². The predicted octanol–water partition coefficient (Wildman–Crippen LogP) is 3.35. The van der Waals surface area contributed by atoms with E-state index >= 15 is 0 Å². The van der Waals surface area contributed by atoms with Gasteiger partial charge in [0.25, 0.3) is 5.56 Å². The summed E-state index contributed by atoms with van der Waals surface area (Å²) in [5, 5.41) is 9.46. The molecule has 0 bridgehead atoms. The lowest BCUT2D eigenvalue weighted by molar-refractivity contribution is 0.0697. The molecule has 5 nitrogen and oxygen atoms in total. The monoisotopic (exact) mass is 332 g/mol. The van der Waals surface area contributed by atoms with Gasteiger partial charge in [0.1, 0.15) is 5.82 Å². The van der Waals surface area contributed by atoms with Crippen LogP contribution in [0.1, 0.15) is 33.7 Å². The SMILES string of the molecule is Cc1ccc(C=C2CCn3c2nc2ccc(C(=O)O)cc2c3=O)cc1. The Labute approximate surface area is 143 Å². The van der Waals surface area contributed by atoms with E-state index in [0.717, 1.165) is 17.6 Å². The molecule has 0 unspecified atom stereocenters. The molecule has 2 heterocycles. The van der Waals surface area contributed by atoms with Gasteiger partial charge < -0.3 is 5.11 Å². The number of benzene rings is 2. The number of carboxylic acid groups (broad SMARTS) is 1. The van der Waals surface area contributed by atoms with Crippen LogP contribution in [0.15, 0.2) is 47.3 Å².